The van der Waals surface area contributed by atoms with Crippen LogP contribution < -0.4 is 10.2 Å². The van der Waals surface area contributed by atoms with Crippen LogP contribution in [0.2, 0.25) is 0 Å². The van der Waals surface area contributed by atoms with Gasteiger partial charge in [-0.25, -0.2) is 4.98 Å². The van der Waals surface area contributed by atoms with Gasteiger partial charge < -0.3 is 9.30 Å². The number of benzene rings is 1. The third-order valence-corrected chi connectivity index (χ3v) is 3.43. The average Bonchev–Trinajstić information content (AvgIpc) is 2.40. The fraction of sp³-hybridized carbons (Fsp3) is 0.385. The number of aromatic nitrogens is 2. The van der Waals surface area contributed by atoms with Crippen LogP contribution in [0.4, 0.5) is 0 Å². The lowest BCUT2D eigenvalue weighted by molar-refractivity contribution is 0.299. The molecule has 0 atom stereocenters. The molecule has 5 heteroatoms. The molecule has 0 unspecified atom stereocenters. The lowest BCUT2D eigenvalue weighted by Crippen LogP contribution is -2.22. The number of nitrogens with zero attached hydrogens (tertiary/aromatic N) is 2. The number of nitrogens with one attached hydrogen (secondary N) is 1. The first-order valence-corrected chi connectivity index (χ1v) is 7.25. The highest BCUT2D eigenvalue weighted by atomic mass is 32.2. The van der Waals surface area contributed by atoms with Gasteiger partial charge in [0.15, 0.2) is 5.49 Å². The zero-order chi connectivity index (χ0) is 13.0. The second-order valence-corrected chi connectivity index (χ2v) is 4.99. The Hall–Kier alpha value is -1.49. The number of thioether (sulfide) groups is 1. The highest BCUT2D eigenvalue weighted by Gasteiger charge is 2.06. The molecule has 0 radical (unpaired) electrons. The van der Waals surface area contributed by atoms with E-state index in [1.54, 1.807) is 16.3 Å². The van der Waals surface area contributed by atoms with Crippen molar-refractivity contribution in [1.82, 2.24) is 9.55 Å². The van der Waals surface area contributed by atoms with Gasteiger partial charge in [0.05, 0.1) is 17.6 Å². The molecule has 1 aromatic heterocycles. The first-order chi connectivity index (χ1) is 8.74. The summed E-state index contributed by atoms with van der Waals surface area (Å²) in [4.78, 5) is 4.40. The van der Waals surface area contributed by atoms with Crippen molar-refractivity contribution in [2.45, 2.75) is 6.42 Å². The SMILES string of the molecule is CSCCCOc1nc2ccccc2n(C)c1=N. The van der Waals surface area contributed by atoms with Crippen molar-refractivity contribution in [3.63, 3.8) is 0 Å². The minimum Gasteiger partial charge on any atom is -0.475 e. The molecule has 1 aromatic carbocycles. The van der Waals surface area contributed by atoms with Crippen molar-refractivity contribution in [3.8, 4) is 5.88 Å². The van der Waals surface area contributed by atoms with Crippen molar-refractivity contribution in [3.05, 3.63) is 29.8 Å². The van der Waals surface area contributed by atoms with Crippen molar-refractivity contribution < 1.29 is 4.74 Å². The predicted molar refractivity (Wildman–Crippen MR) is 75.1 cm³/mol. The summed E-state index contributed by atoms with van der Waals surface area (Å²) in [7, 11) is 1.86. The molecule has 96 valence electrons. The Bertz CT molecular complexity index is 594. The van der Waals surface area contributed by atoms with Gasteiger partial charge in [0.2, 0.25) is 0 Å². The Morgan fingerprint density at radius 2 is 2.17 bits per heavy atom. The summed E-state index contributed by atoms with van der Waals surface area (Å²) in [5.74, 6) is 1.48. The molecule has 2 aromatic rings. The molecular weight excluding hydrogens is 246 g/mol. The van der Waals surface area contributed by atoms with Crippen molar-refractivity contribution >= 4 is 22.8 Å². The molecule has 0 saturated heterocycles. The summed E-state index contributed by atoms with van der Waals surface area (Å²) >= 11 is 1.79. The standard InChI is InChI=1S/C13H17N3OS/c1-16-11-7-4-3-6-10(11)15-13(12(16)14)17-8-5-9-18-2/h3-4,6-7,14H,5,8-9H2,1-2H3. The van der Waals surface area contributed by atoms with Crippen LogP contribution in [0.3, 0.4) is 0 Å². The van der Waals surface area contributed by atoms with E-state index in [4.69, 9.17) is 10.1 Å². The minimum atomic E-state index is 0.317. The smallest absolute Gasteiger partial charge is 0.257 e. The molecule has 0 spiro atoms. The number of ether oxygens (including phenoxy) is 1. The quantitative estimate of drug-likeness (QED) is 0.841. The van der Waals surface area contributed by atoms with E-state index in [0.29, 0.717) is 18.0 Å². The van der Waals surface area contributed by atoms with E-state index in [1.165, 1.54) is 0 Å². The van der Waals surface area contributed by atoms with E-state index in [-0.39, 0.29) is 0 Å². The van der Waals surface area contributed by atoms with Crippen LogP contribution in [0, 0.1) is 5.41 Å². The number of fused-ring (bicyclic) bond motifs is 1. The van der Waals surface area contributed by atoms with E-state index < -0.39 is 0 Å². The third-order valence-electron chi connectivity index (χ3n) is 2.73. The molecule has 0 fully saturated rings. The van der Waals surface area contributed by atoms with Gasteiger partial charge in [-0.1, -0.05) is 12.1 Å². The van der Waals surface area contributed by atoms with Gasteiger partial charge >= 0.3 is 0 Å². The zero-order valence-corrected chi connectivity index (χ0v) is 11.5. The largest absolute Gasteiger partial charge is 0.475 e. The van der Waals surface area contributed by atoms with Crippen molar-refractivity contribution in [2.24, 2.45) is 7.05 Å². The predicted octanol–water partition coefficient (Wildman–Crippen LogP) is 2.18. The van der Waals surface area contributed by atoms with E-state index in [0.717, 1.165) is 23.2 Å². The maximum Gasteiger partial charge on any atom is 0.257 e. The lowest BCUT2D eigenvalue weighted by Gasteiger charge is -2.10. The molecular formula is C13H17N3OS. The van der Waals surface area contributed by atoms with Crippen LogP contribution in [0.1, 0.15) is 6.42 Å². The van der Waals surface area contributed by atoms with Gasteiger partial charge in [0.25, 0.3) is 5.88 Å². The molecule has 1 heterocycles. The number of aryl methyl sites for hydroxylation is 1. The first-order valence-electron chi connectivity index (χ1n) is 5.86. The number of hydrogen-bond donors (Lipinski definition) is 1. The fourth-order valence-electron chi connectivity index (χ4n) is 1.74. The second kappa shape index (κ2) is 5.91. The summed E-state index contributed by atoms with van der Waals surface area (Å²) in [6.07, 6.45) is 3.04. The summed E-state index contributed by atoms with van der Waals surface area (Å²) < 4.78 is 7.39. The molecule has 0 aliphatic heterocycles. The monoisotopic (exact) mass is 263 g/mol. The summed E-state index contributed by atoms with van der Waals surface area (Å²) in [5, 5.41) is 8.03. The van der Waals surface area contributed by atoms with Crippen LogP contribution in [-0.2, 0) is 7.05 Å². The van der Waals surface area contributed by atoms with Gasteiger partial charge in [-0.2, -0.15) is 11.8 Å². The van der Waals surface area contributed by atoms with Crippen LogP contribution in [-0.4, -0.2) is 28.2 Å². The van der Waals surface area contributed by atoms with Gasteiger partial charge in [0, 0.05) is 7.05 Å². The fourth-order valence-corrected chi connectivity index (χ4v) is 2.15. The lowest BCUT2D eigenvalue weighted by atomic mass is 10.3. The molecule has 0 saturated carbocycles. The molecule has 0 aliphatic carbocycles. The molecule has 2 rings (SSSR count). The molecule has 0 bridgehead atoms. The van der Waals surface area contributed by atoms with Crippen LogP contribution in [0.5, 0.6) is 5.88 Å². The van der Waals surface area contributed by atoms with Crippen LogP contribution in [0.15, 0.2) is 24.3 Å². The van der Waals surface area contributed by atoms with Crippen LogP contribution >= 0.6 is 11.8 Å². The van der Waals surface area contributed by atoms with E-state index in [2.05, 4.69) is 11.2 Å². The Balaban J connectivity index is 2.28. The Labute approximate surface area is 111 Å². The number of hydrogen-bond acceptors (Lipinski definition) is 4. The van der Waals surface area contributed by atoms with Crippen molar-refractivity contribution in [1.29, 1.82) is 5.41 Å². The molecule has 1 N–H and O–H groups in total. The van der Waals surface area contributed by atoms with Crippen LogP contribution in [0.25, 0.3) is 11.0 Å². The van der Waals surface area contributed by atoms with Gasteiger partial charge in [0.1, 0.15) is 0 Å². The Kier molecular flexibility index (Phi) is 4.25. The van der Waals surface area contributed by atoms with Gasteiger partial charge in [-0.05, 0) is 30.6 Å². The second-order valence-electron chi connectivity index (χ2n) is 4.01. The number of rotatable bonds is 5. The molecule has 0 aliphatic rings. The summed E-state index contributed by atoms with van der Waals surface area (Å²) in [5.41, 5.74) is 2.12. The zero-order valence-electron chi connectivity index (χ0n) is 10.6. The molecule has 18 heavy (non-hydrogen) atoms. The van der Waals surface area contributed by atoms with E-state index in [9.17, 15) is 0 Å². The third kappa shape index (κ3) is 2.67. The first kappa shape index (κ1) is 13.0. The van der Waals surface area contributed by atoms with Gasteiger partial charge in [-0.15, -0.1) is 0 Å². The minimum absolute atomic E-state index is 0.317. The van der Waals surface area contributed by atoms with E-state index in [1.807, 2.05) is 31.3 Å². The highest BCUT2D eigenvalue weighted by molar-refractivity contribution is 7.98. The van der Waals surface area contributed by atoms with E-state index >= 15 is 0 Å². The van der Waals surface area contributed by atoms with Crippen molar-refractivity contribution in [2.75, 3.05) is 18.6 Å². The number of para-hydroxylation sites is 2. The molecule has 0 amide bonds. The highest BCUT2D eigenvalue weighted by Crippen LogP contribution is 2.11. The molecule has 4 nitrogen and oxygen atoms in total. The summed E-state index contributed by atoms with van der Waals surface area (Å²) in [6, 6.07) is 7.78. The topological polar surface area (TPSA) is 50.9 Å². The van der Waals surface area contributed by atoms with Gasteiger partial charge in [-0.3, -0.25) is 5.41 Å². The maximum atomic E-state index is 8.03. The normalized spacial score (nSPS) is 10.8. The Morgan fingerprint density at radius 1 is 1.39 bits per heavy atom. The maximum absolute atomic E-state index is 8.03. The summed E-state index contributed by atoms with van der Waals surface area (Å²) in [6.45, 7) is 0.609. The Morgan fingerprint density at radius 3 is 2.94 bits per heavy atom. The average molecular weight is 263 g/mol.